The molecule has 1 aromatic rings. The highest BCUT2D eigenvalue weighted by Crippen LogP contribution is 2.19. The molecule has 0 spiro atoms. The Kier molecular flexibility index (Phi) is 5.29. The molecule has 0 aliphatic heterocycles. The summed E-state index contributed by atoms with van der Waals surface area (Å²) in [5, 5.41) is 3.04. The van der Waals surface area contributed by atoms with E-state index in [1.807, 2.05) is 19.2 Å². The van der Waals surface area contributed by atoms with Crippen LogP contribution < -0.4 is 10.1 Å². The van der Waals surface area contributed by atoms with E-state index in [0.29, 0.717) is 6.61 Å². The molecule has 0 aromatic heterocycles. The van der Waals surface area contributed by atoms with Gasteiger partial charge in [-0.3, -0.25) is 0 Å². The van der Waals surface area contributed by atoms with Crippen LogP contribution in [-0.2, 0) is 0 Å². The molecule has 0 aliphatic rings. The summed E-state index contributed by atoms with van der Waals surface area (Å²) in [4.78, 5) is 1.25. The molecule has 2 nitrogen and oxygen atoms in total. The zero-order valence-electron chi connectivity index (χ0n) is 9.25. The predicted molar refractivity (Wildman–Crippen MR) is 66.8 cm³/mol. The summed E-state index contributed by atoms with van der Waals surface area (Å²) in [5.74, 6) is 0.894. The van der Waals surface area contributed by atoms with Crippen molar-refractivity contribution >= 4 is 11.8 Å². The van der Waals surface area contributed by atoms with E-state index in [4.69, 9.17) is 4.74 Å². The van der Waals surface area contributed by atoms with Gasteiger partial charge in [0.15, 0.2) is 0 Å². The number of rotatable bonds is 6. The monoisotopic (exact) mass is 223 g/mol. The molecule has 3 heteroatoms. The Morgan fingerprint density at radius 1 is 1.40 bits per heavy atom. The molecule has 0 heterocycles. The van der Waals surface area contributed by atoms with E-state index in [-0.39, 0.29) is 0 Å². The number of ether oxygens (including phenoxy) is 1. The SMILES string of the molecule is C=C(CNC)COc1ccc(SC)cc1. The van der Waals surface area contributed by atoms with Gasteiger partial charge < -0.3 is 10.1 Å². The highest BCUT2D eigenvalue weighted by Gasteiger charge is 1.96. The van der Waals surface area contributed by atoms with Crippen LogP contribution in [0.3, 0.4) is 0 Å². The summed E-state index contributed by atoms with van der Waals surface area (Å²) < 4.78 is 5.57. The average molecular weight is 223 g/mol. The molecule has 0 saturated carbocycles. The van der Waals surface area contributed by atoms with Gasteiger partial charge in [0.25, 0.3) is 0 Å². The Balaban J connectivity index is 2.40. The number of benzene rings is 1. The van der Waals surface area contributed by atoms with Crippen LogP contribution in [0.4, 0.5) is 0 Å². The van der Waals surface area contributed by atoms with E-state index in [1.165, 1.54) is 4.90 Å². The normalized spacial score (nSPS) is 10.0. The summed E-state index contributed by atoms with van der Waals surface area (Å²) in [6.07, 6.45) is 2.06. The molecular formula is C12H17NOS. The van der Waals surface area contributed by atoms with Crippen molar-refractivity contribution in [3.05, 3.63) is 36.4 Å². The lowest BCUT2D eigenvalue weighted by Gasteiger charge is -2.08. The molecule has 0 radical (unpaired) electrons. The maximum Gasteiger partial charge on any atom is 0.119 e. The van der Waals surface area contributed by atoms with Gasteiger partial charge in [-0.1, -0.05) is 6.58 Å². The third-order valence-corrected chi connectivity index (χ3v) is 2.67. The van der Waals surface area contributed by atoms with Crippen molar-refractivity contribution in [2.75, 3.05) is 26.5 Å². The van der Waals surface area contributed by atoms with Crippen molar-refractivity contribution in [3.8, 4) is 5.75 Å². The van der Waals surface area contributed by atoms with Gasteiger partial charge in [0.05, 0.1) is 0 Å². The summed E-state index contributed by atoms with van der Waals surface area (Å²) >= 11 is 1.73. The van der Waals surface area contributed by atoms with Gasteiger partial charge >= 0.3 is 0 Å². The van der Waals surface area contributed by atoms with Crippen LogP contribution in [0.25, 0.3) is 0 Å². The lowest BCUT2D eigenvalue weighted by atomic mass is 10.3. The van der Waals surface area contributed by atoms with Crippen LogP contribution in [0, 0.1) is 0 Å². The van der Waals surface area contributed by atoms with E-state index < -0.39 is 0 Å². The maximum atomic E-state index is 5.57. The van der Waals surface area contributed by atoms with Gasteiger partial charge in [-0.25, -0.2) is 0 Å². The van der Waals surface area contributed by atoms with Crippen molar-refractivity contribution < 1.29 is 4.74 Å². The third-order valence-electron chi connectivity index (χ3n) is 1.93. The smallest absolute Gasteiger partial charge is 0.119 e. The Bertz CT molecular complexity index is 308. The van der Waals surface area contributed by atoms with Gasteiger partial charge in [-0.05, 0) is 43.1 Å². The number of hydrogen-bond acceptors (Lipinski definition) is 3. The van der Waals surface area contributed by atoms with Crippen LogP contribution in [0.1, 0.15) is 0 Å². The lowest BCUT2D eigenvalue weighted by Crippen LogP contribution is -2.14. The molecule has 0 bridgehead atoms. The van der Waals surface area contributed by atoms with Crippen LogP contribution in [0.15, 0.2) is 41.3 Å². The first-order chi connectivity index (χ1) is 7.26. The minimum atomic E-state index is 0.569. The molecule has 0 unspecified atom stereocenters. The van der Waals surface area contributed by atoms with Crippen molar-refractivity contribution in [3.63, 3.8) is 0 Å². The Morgan fingerprint density at radius 2 is 2.07 bits per heavy atom. The number of nitrogens with one attached hydrogen (secondary N) is 1. The quantitative estimate of drug-likeness (QED) is 0.591. The van der Waals surface area contributed by atoms with E-state index in [0.717, 1.165) is 17.9 Å². The first-order valence-electron chi connectivity index (χ1n) is 4.84. The minimum absolute atomic E-state index is 0.569. The second-order valence-electron chi connectivity index (χ2n) is 3.24. The predicted octanol–water partition coefficient (Wildman–Crippen LogP) is 2.56. The number of hydrogen-bond donors (Lipinski definition) is 1. The first-order valence-corrected chi connectivity index (χ1v) is 6.07. The fraction of sp³-hybridized carbons (Fsp3) is 0.333. The van der Waals surface area contributed by atoms with Crippen LogP contribution >= 0.6 is 11.8 Å². The van der Waals surface area contributed by atoms with Crippen LogP contribution in [0.2, 0.25) is 0 Å². The zero-order chi connectivity index (χ0) is 11.1. The van der Waals surface area contributed by atoms with Gasteiger partial charge in [-0.15, -0.1) is 11.8 Å². The first kappa shape index (κ1) is 12.1. The van der Waals surface area contributed by atoms with Crippen molar-refractivity contribution in [2.45, 2.75) is 4.90 Å². The molecule has 0 atom stereocenters. The molecule has 0 fully saturated rings. The Morgan fingerprint density at radius 3 is 2.60 bits per heavy atom. The largest absolute Gasteiger partial charge is 0.489 e. The standard InChI is InChI=1S/C12H17NOS/c1-10(8-13-2)9-14-11-4-6-12(15-3)7-5-11/h4-7,13H,1,8-9H2,2-3H3. The molecular weight excluding hydrogens is 206 g/mol. The zero-order valence-corrected chi connectivity index (χ0v) is 10.1. The van der Waals surface area contributed by atoms with Gasteiger partial charge in [0, 0.05) is 11.4 Å². The van der Waals surface area contributed by atoms with Gasteiger partial charge in [0.1, 0.15) is 12.4 Å². The van der Waals surface area contributed by atoms with Gasteiger partial charge in [-0.2, -0.15) is 0 Å². The summed E-state index contributed by atoms with van der Waals surface area (Å²) in [6, 6.07) is 8.08. The fourth-order valence-electron chi connectivity index (χ4n) is 1.16. The molecule has 0 aliphatic carbocycles. The maximum absolute atomic E-state index is 5.57. The fourth-order valence-corrected chi connectivity index (χ4v) is 1.57. The highest BCUT2D eigenvalue weighted by atomic mass is 32.2. The van der Waals surface area contributed by atoms with Crippen molar-refractivity contribution in [1.29, 1.82) is 0 Å². The van der Waals surface area contributed by atoms with Crippen LogP contribution in [-0.4, -0.2) is 26.5 Å². The lowest BCUT2D eigenvalue weighted by molar-refractivity contribution is 0.349. The highest BCUT2D eigenvalue weighted by molar-refractivity contribution is 7.98. The second kappa shape index (κ2) is 6.53. The number of likely N-dealkylation sites (N-methyl/N-ethyl adjacent to an activating group) is 1. The molecule has 0 saturated heterocycles. The molecule has 0 amide bonds. The van der Waals surface area contributed by atoms with Crippen molar-refractivity contribution in [1.82, 2.24) is 5.32 Å². The molecule has 1 aromatic carbocycles. The summed E-state index contributed by atoms with van der Waals surface area (Å²) in [5.41, 5.74) is 1.05. The third kappa shape index (κ3) is 4.40. The summed E-state index contributed by atoms with van der Waals surface area (Å²) in [7, 11) is 1.90. The molecule has 1 N–H and O–H groups in total. The topological polar surface area (TPSA) is 21.3 Å². The Hall–Kier alpha value is -0.930. The minimum Gasteiger partial charge on any atom is -0.489 e. The van der Waals surface area contributed by atoms with E-state index in [2.05, 4.69) is 30.3 Å². The van der Waals surface area contributed by atoms with Gasteiger partial charge in [0.2, 0.25) is 0 Å². The van der Waals surface area contributed by atoms with E-state index in [1.54, 1.807) is 11.8 Å². The molecule has 15 heavy (non-hydrogen) atoms. The van der Waals surface area contributed by atoms with Crippen LogP contribution in [0.5, 0.6) is 5.75 Å². The van der Waals surface area contributed by atoms with Crippen molar-refractivity contribution in [2.24, 2.45) is 0 Å². The number of thioether (sulfide) groups is 1. The van der Waals surface area contributed by atoms with E-state index in [9.17, 15) is 0 Å². The molecule has 82 valence electrons. The summed E-state index contributed by atoms with van der Waals surface area (Å²) in [6.45, 7) is 5.27. The second-order valence-corrected chi connectivity index (χ2v) is 4.12. The van der Waals surface area contributed by atoms with E-state index >= 15 is 0 Å². The Labute approximate surface area is 95.7 Å². The molecule has 1 rings (SSSR count). The average Bonchev–Trinajstić information content (AvgIpc) is 2.27.